The van der Waals surface area contributed by atoms with Gasteiger partial charge in [-0.2, -0.15) is 0 Å². The molecule has 7 nitrogen and oxygen atoms in total. The first kappa shape index (κ1) is 20.5. The van der Waals surface area contributed by atoms with Crippen molar-refractivity contribution in [2.24, 2.45) is 0 Å². The molecule has 1 aromatic heterocycles. The molecule has 0 spiro atoms. The molecule has 2 aromatic rings. The largest absolute Gasteiger partial charge is 0.352 e. The summed E-state index contributed by atoms with van der Waals surface area (Å²) in [5.74, 6) is 0.413. The van der Waals surface area contributed by atoms with Gasteiger partial charge in [0.2, 0.25) is 5.95 Å². The molecule has 1 fully saturated rings. The molecule has 1 aromatic carbocycles. The molecule has 2 unspecified atom stereocenters. The van der Waals surface area contributed by atoms with Crippen LogP contribution in [0.4, 0.5) is 15.1 Å². The highest BCUT2D eigenvalue weighted by atomic mass is 19.1. The van der Waals surface area contributed by atoms with Gasteiger partial charge in [-0.25, -0.2) is 19.2 Å². The van der Waals surface area contributed by atoms with Crippen molar-refractivity contribution in [3.05, 3.63) is 53.1 Å². The van der Waals surface area contributed by atoms with Gasteiger partial charge in [0.15, 0.2) is 0 Å². The molecule has 0 aliphatic carbocycles. The number of carbonyl (C=O) groups is 1. The third-order valence-corrected chi connectivity index (χ3v) is 5.74. The van der Waals surface area contributed by atoms with Crippen molar-refractivity contribution < 1.29 is 9.18 Å². The monoisotopic (exact) mass is 412 g/mol. The van der Waals surface area contributed by atoms with Crippen molar-refractivity contribution in [3.63, 3.8) is 0 Å². The van der Waals surface area contributed by atoms with Crippen LogP contribution in [0.25, 0.3) is 0 Å². The first-order chi connectivity index (χ1) is 14.4. The maximum absolute atomic E-state index is 13.7. The summed E-state index contributed by atoms with van der Waals surface area (Å²) >= 11 is 0. The molecule has 1 saturated heterocycles. The summed E-state index contributed by atoms with van der Waals surface area (Å²) in [6.45, 7) is 6.69. The molecule has 0 radical (unpaired) electrons. The van der Waals surface area contributed by atoms with E-state index in [2.05, 4.69) is 25.5 Å². The lowest BCUT2D eigenvalue weighted by Crippen LogP contribution is -2.49. The van der Waals surface area contributed by atoms with Gasteiger partial charge in [-0.1, -0.05) is 12.1 Å². The zero-order valence-corrected chi connectivity index (χ0v) is 17.7. The second-order valence-electron chi connectivity index (χ2n) is 8.57. The highest BCUT2D eigenvalue weighted by molar-refractivity contribution is 5.75. The molecule has 8 heteroatoms. The van der Waals surface area contributed by atoms with Gasteiger partial charge in [-0.3, -0.25) is 0 Å². The van der Waals surface area contributed by atoms with E-state index < -0.39 is 0 Å². The number of hydrogen-bond donors (Lipinski definition) is 2. The Hall–Kier alpha value is -2.74. The molecule has 2 aliphatic heterocycles. The van der Waals surface area contributed by atoms with Crippen molar-refractivity contribution in [1.29, 1.82) is 0 Å². The minimum atomic E-state index is -0.245. The van der Waals surface area contributed by atoms with E-state index >= 15 is 0 Å². The van der Waals surface area contributed by atoms with Crippen molar-refractivity contribution in [2.45, 2.75) is 44.8 Å². The fourth-order valence-corrected chi connectivity index (χ4v) is 4.28. The topological polar surface area (TPSA) is 73.4 Å². The van der Waals surface area contributed by atoms with E-state index in [0.29, 0.717) is 19.0 Å². The van der Waals surface area contributed by atoms with E-state index in [1.165, 1.54) is 6.07 Å². The number of anilines is 1. The molecule has 160 valence electrons. The summed E-state index contributed by atoms with van der Waals surface area (Å²) in [6, 6.07) is 6.76. The normalized spacial score (nSPS) is 21.6. The van der Waals surface area contributed by atoms with Crippen molar-refractivity contribution in [3.8, 4) is 0 Å². The third kappa shape index (κ3) is 4.53. The van der Waals surface area contributed by atoms with E-state index in [1.54, 1.807) is 17.0 Å². The van der Waals surface area contributed by atoms with Gasteiger partial charge < -0.3 is 20.4 Å². The zero-order chi connectivity index (χ0) is 21.3. The molecule has 0 saturated carbocycles. The summed E-state index contributed by atoms with van der Waals surface area (Å²) in [4.78, 5) is 26.0. The van der Waals surface area contributed by atoms with Gasteiger partial charge in [0.25, 0.3) is 0 Å². The van der Waals surface area contributed by atoms with Gasteiger partial charge in [0.05, 0.1) is 18.3 Å². The standard InChI is InChI=1S/C22H29FN6O/c1-14(2)25-21-24-10-16-7-8-29(13-19(16)26-21)22(30)27-20-12-28(3)11-18(20)15-5-4-6-17(23)9-15/h4-6,9-10,14,18,20H,7-8,11-13H2,1-3H3,(H,27,30)(H,24,25,26). The maximum atomic E-state index is 13.7. The van der Waals surface area contributed by atoms with Gasteiger partial charge in [-0.15, -0.1) is 0 Å². The van der Waals surface area contributed by atoms with Gasteiger partial charge in [0.1, 0.15) is 5.82 Å². The Morgan fingerprint density at radius 2 is 2.13 bits per heavy atom. The molecule has 4 rings (SSSR count). The summed E-state index contributed by atoms with van der Waals surface area (Å²) in [5, 5.41) is 6.40. The number of halogens is 1. The molecule has 0 bridgehead atoms. The Kier molecular flexibility index (Phi) is 5.85. The number of nitrogens with zero attached hydrogens (tertiary/aromatic N) is 4. The van der Waals surface area contributed by atoms with Gasteiger partial charge in [0, 0.05) is 37.8 Å². The number of aromatic nitrogens is 2. The molecular weight excluding hydrogens is 383 g/mol. The number of carbonyl (C=O) groups excluding carboxylic acids is 1. The second-order valence-corrected chi connectivity index (χ2v) is 8.57. The Labute approximate surface area is 176 Å². The maximum Gasteiger partial charge on any atom is 0.318 e. The van der Waals surface area contributed by atoms with E-state index in [-0.39, 0.29) is 29.8 Å². The van der Waals surface area contributed by atoms with Crippen molar-refractivity contribution in [1.82, 2.24) is 25.1 Å². The first-order valence-electron chi connectivity index (χ1n) is 10.5. The summed E-state index contributed by atoms with van der Waals surface area (Å²) in [5.41, 5.74) is 2.90. The van der Waals surface area contributed by atoms with Crippen LogP contribution in [0.15, 0.2) is 30.5 Å². The van der Waals surface area contributed by atoms with Crippen LogP contribution >= 0.6 is 0 Å². The number of benzene rings is 1. The Morgan fingerprint density at radius 3 is 2.90 bits per heavy atom. The quantitative estimate of drug-likeness (QED) is 0.808. The molecule has 2 N–H and O–H groups in total. The number of likely N-dealkylation sites (N-methyl/N-ethyl adjacent to an activating group) is 1. The number of urea groups is 1. The number of fused-ring (bicyclic) bond motifs is 1. The fraction of sp³-hybridized carbons (Fsp3) is 0.500. The average molecular weight is 413 g/mol. The summed E-state index contributed by atoms with van der Waals surface area (Å²) in [6.07, 6.45) is 2.59. The number of rotatable bonds is 4. The van der Waals surface area contributed by atoms with E-state index in [0.717, 1.165) is 36.3 Å². The number of hydrogen-bond acceptors (Lipinski definition) is 5. The van der Waals surface area contributed by atoms with Crippen LogP contribution in [-0.2, 0) is 13.0 Å². The van der Waals surface area contributed by atoms with Crippen LogP contribution in [0.1, 0.15) is 36.6 Å². The van der Waals surface area contributed by atoms with Gasteiger partial charge >= 0.3 is 6.03 Å². The molecule has 3 heterocycles. The summed E-state index contributed by atoms with van der Waals surface area (Å²) < 4.78 is 13.7. The Bertz CT molecular complexity index is 920. The predicted octanol–water partition coefficient (Wildman–Crippen LogP) is 2.60. The SMILES string of the molecule is CC(C)Nc1ncc2c(n1)CN(C(=O)NC1CN(C)CC1c1cccc(F)c1)CC2. The van der Waals surface area contributed by atoms with Gasteiger partial charge in [-0.05, 0) is 50.6 Å². The Balaban J connectivity index is 1.45. The van der Waals surface area contributed by atoms with Crippen LogP contribution in [-0.4, -0.2) is 64.6 Å². The predicted molar refractivity (Wildman–Crippen MR) is 114 cm³/mol. The first-order valence-corrected chi connectivity index (χ1v) is 10.5. The number of amides is 2. The third-order valence-electron chi connectivity index (χ3n) is 5.74. The lowest BCUT2D eigenvalue weighted by atomic mass is 9.94. The smallest absolute Gasteiger partial charge is 0.318 e. The highest BCUT2D eigenvalue weighted by Gasteiger charge is 2.34. The Morgan fingerprint density at radius 1 is 1.30 bits per heavy atom. The summed E-state index contributed by atoms with van der Waals surface area (Å²) in [7, 11) is 2.02. The molecule has 2 aliphatic rings. The average Bonchev–Trinajstić information content (AvgIpc) is 3.07. The van der Waals surface area contributed by atoms with Crippen LogP contribution < -0.4 is 10.6 Å². The van der Waals surface area contributed by atoms with E-state index in [9.17, 15) is 9.18 Å². The van der Waals surface area contributed by atoms with Crippen LogP contribution in [0.2, 0.25) is 0 Å². The van der Waals surface area contributed by atoms with Crippen LogP contribution in [0.3, 0.4) is 0 Å². The molecule has 30 heavy (non-hydrogen) atoms. The molecular formula is C22H29FN6O. The molecule has 2 atom stereocenters. The minimum Gasteiger partial charge on any atom is -0.352 e. The van der Waals surface area contributed by atoms with Crippen LogP contribution in [0.5, 0.6) is 0 Å². The second kappa shape index (κ2) is 8.55. The lowest BCUT2D eigenvalue weighted by Gasteiger charge is -2.30. The van der Waals surface area contributed by atoms with Crippen molar-refractivity contribution >= 4 is 12.0 Å². The van der Waals surface area contributed by atoms with Crippen molar-refractivity contribution in [2.75, 3.05) is 32.0 Å². The number of nitrogens with one attached hydrogen (secondary N) is 2. The van der Waals surface area contributed by atoms with E-state index in [1.807, 2.05) is 33.2 Å². The lowest BCUT2D eigenvalue weighted by molar-refractivity contribution is 0.186. The zero-order valence-electron chi connectivity index (χ0n) is 17.7. The minimum absolute atomic E-state index is 0.0609. The molecule has 2 amide bonds. The van der Waals surface area contributed by atoms with E-state index in [4.69, 9.17) is 0 Å². The van der Waals surface area contributed by atoms with Crippen LogP contribution in [0, 0.1) is 5.82 Å². The fourth-order valence-electron chi connectivity index (χ4n) is 4.28. The number of likely N-dealkylation sites (tertiary alicyclic amines) is 1. The highest BCUT2D eigenvalue weighted by Crippen LogP contribution is 2.28.